The van der Waals surface area contributed by atoms with Crippen LogP contribution < -0.4 is 5.56 Å². The predicted molar refractivity (Wildman–Crippen MR) is 54.3 cm³/mol. The van der Waals surface area contributed by atoms with Crippen molar-refractivity contribution in [3.63, 3.8) is 0 Å². The minimum absolute atomic E-state index is 0.177. The summed E-state index contributed by atoms with van der Waals surface area (Å²) in [4.78, 5) is 32.0. The zero-order valence-corrected chi connectivity index (χ0v) is 8.49. The maximum Gasteiger partial charge on any atom is 0.326 e. The molecule has 1 atom stereocenters. The molecule has 1 rings (SSSR count). The Morgan fingerprint density at radius 2 is 2.25 bits per heavy atom. The molecule has 1 heterocycles. The number of carboxylic acid groups (broad SMARTS) is 1. The standard InChI is InChI=1S/C9H10N2O5/c1-2-7(9(13)14)10-5-6(11(15)16)3-4-8(10)12/h3-5,7H,2H2,1H3,(H,13,14). The fourth-order valence-corrected chi connectivity index (χ4v) is 1.33. The molecule has 1 aromatic heterocycles. The lowest BCUT2D eigenvalue weighted by Gasteiger charge is -2.12. The van der Waals surface area contributed by atoms with Crippen LogP contribution in [0, 0.1) is 10.1 Å². The normalized spacial score (nSPS) is 12.1. The number of aliphatic carboxylic acids is 1. The van der Waals surface area contributed by atoms with Crippen LogP contribution in [0.4, 0.5) is 5.69 Å². The van der Waals surface area contributed by atoms with Crippen LogP contribution >= 0.6 is 0 Å². The van der Waals surface area contributed by atoms with E-state index in [2.05, 4.69) is 0 Å². The monoisotopic (exact) mass is 226 g/mol. The average Bonchev–Trinajstić information content (AvgIpc) is 2.20. The van der Waals surface area contributed by atoms with Gasteiger partial charge in [0.05, 0.1) is 11.1 Å². The summed E-state index contributed by atoms with van der Waals surface area (Å²) in [5, 5.41) is 19.3. The highest BCUT2D eigenvalue weighted by Crippen LogP contribution is 2.13. The van der Waals surface area contributed by atoms with Gasteiger partial charge >= 0.3 is 5.97 Å². The Morgan fingerprint density at radius 1 is 1.62 bits per heavy atom. The molecule has 86 valence electrons. The molecule has 0 saturated heterocycles. The molecule has 0 aliphatic carbocycles. The maximum absolute atomic E-state index is 11.4. The van der Waals surface area contributed by atoms with Crippen LogP contribution in [0.5, 0.6) is 0 Å². The molecule has 0 spiro atoms. The second-order valence-electron chi connectivity index (χ2n) is 3.15. The molecule has 7 heteroatoms. The van der Waals surface area contributed by atoms with E-state index in [1.807, 2.05) is 0 Å². The summed E-state index contributed by atoms with van der Waals surface area (Å²) in [6, 6.07) is 0.962. The fraction of sp³-hybridized carbons (Fsp3) is 0.333. The first-order valence-corrected chi connectivity index (χ1v) is 4.56. The van der Waals surface area contributed by atoms with Gasteiger partial charge in [-0.25, -0.2) is 4.79 Å². The first kappa shape index (κ1) is 11.9. The van der Waals surface area contributed by atoms with Crippen molar-refractivity contribution in [1.29, 1.82) is 0 Å². The SMILES string of the molecule is CCC(C(=O)O)n1cc([N+](=O)[O-])ccc1=O. The number of hydrogen-bond acceptors (Lipinski definition) is 4. The highest BCUT2D eigenvalue weighted by atomic mass is 16.6. The van der Waals surface area contributed by atoms with Crippen LogP contribution in [0.15, 0.2) is 23.1 Å². The Balaban J connectivity index is 3.31. The van der Waals surface area contributed by atoms with Crippen molar-refractivity contribution in [3.8, 4) is 0 Å². The number of nitrogens with zero attached hydrogens (tertiary/aromatic N) is 2. The van der Waals surface area contributed by atoms with E-state index >= 15 is 0 Å². The molecule has 1 aromatic rings. The van der Waals surface area contributed by atoms with Gasteiger partial charge in [0.15, 0.2) is 0 Å². The second-order valence-corrected chi connectivity index (χ2v) is 3.15. The summed E-state index contributed by atoms with van der Waals surface area (Å²) in [7, 11) is 0. The lowest BCUT2D eigenvalue weighted by Crippen LogP contribution is -2.28. The number of hydrogen-bond donors (Lipinski definition) is 1. The van der Waals surface area contributed by atoms with E-state index < -0.39 is 22.5 Å². The van der Waals surface area contributed by atoms with Crippen LogP contribution in [-0.2, 0) is 4.79 Å². The van der Waals surface area contributed by atoms with E-state index in [0.717, 1.165) is 22.9 Å². The molecule has 0 aliphatic rings. The van der Waals surface area contributed by atoms with Gasteiger partial charge in [0.25, 0.3) is 11.2 Å². The molecule has 0 aliphatic heterocycles. The molecule has 1 N–H and O–H groups in total. The minimum atomic E-state index is -1.19. The minimum Gasteiger partial charge on any atom is -0.480 e. The number of carboxylic acids is 1. The van der Waals surface area contributed by atoms with Gasteiger partial charge in [-0.2, -0.15) is 0 Å². The van der Waals surface area contributed by atoms with E-state index in [-0.39, 0.29) is 12.1 Å². The fourth-order valence-electron chi connectivity index (χ4n) is 1.33. The molecule has 0 aromatic carbocycles. The van der Waals surface area contributed by atoms with Crippen molar-refractivity contribution in [2.45, 2.75) is 19.4 Å². The van der Waals surface area contributed by atoms with Gasteiger partial charge in [0, 0.05) is 12.1 Å². The van der Waals surface area contributed by atoms with Crippen LogP contribution in [-0.4, -0.2) is 20.6 Å². The average molecular weight is 226 g/mol. The summed E-state index contributed by atoms with van der Waals surface area (Å²) >= 11 is 0. The van der Waals surface area contributed by atoms with Crippen molar-refractivity contribution in [1.82, 2.24) is 4.57 Å². The molecular formula is C9H10N2O5. The van der Waals surface area contributed by atoms with Crippen molar-refractivity contribution in [2.75, 3.05) is 0 Å². The number of rotatable bonds is 4. The summed E-state index contributed by atoms with van der Waals surface area (Å²) in [6.07, 6.45) is 1.13. The lowest BCUT2D eigenvalue weighted by atomic mass is 10.2. The molecule has 0 fully saturated rings. The number of nitro groups is 1. The molecule has 0 bridgehead atoms. The quantitative estimate of drug-likeness (QED) is 0.604. The Morgan fingerprint density at radius 3 is 2.69 bits per heavy atom. The zero-order valence-electron chi connectivity index (χ0n) is 8.49. The number of carbonyl (C=O) groups is 1. The predicted octanol–water partition coefficient (Wildman–Crippen LogP) is 0.792. The molecule has 0 amide bonds. The van der Waals surface area contributed by atoms with Crippen molar-refractivity contribution in [2.24, 2.45) is 0 Å². The van der Waals surface area contributed by atoms with E-state index in [4.69, 9.17) is 5.11 Å². The molecule has 1 unspecified atom stereocenters. The smallest absolute Gasteiger partial charge is 0.326 e. The Hall–Kier alpha value is -2.18. The third-order valence-corrected chi connectivity index (χ3v) is 2.14. The van der Waals surface area contributed by atoms with Crippen molar-refractivity contribution < 1.29 is 14.8 Å². The Kier molecular flexibility index (Phi) is 3.39. The summed E-state index contributed by atoms with van der Waals surface area (Å²) in [5.41, 5.74) is -0.876. The summed E-state index contributed by atoms with van der Waals surface area (Å²) in [5.74, 6) is -1.19. The third-order valence-electron chi connectivity index (χ3n) is 2.14. The maximum atomic E-state index is 11.4. The van der Waals surface area contributed by atoms with Crippen LogP contribution in [0.25, 0.3) is 0 Å². The second kappa shape index (κ2) is 4.56. The highest BCUT2D eigenvalue weighted by Gasteiger charge is 2.20. The molecule has 0 radical (unpaired) electrons. The summed E-state index contributed by atoms with van der Waals surface area (Å²) in [6.45, 7) is 1.59. The first-order chi connectivity index (χ1) is 7.47. The Bertz CT molecular complexity index is 479. The zero-order chi connectivity index (χ0) is 12.3. The molecule has 7 nitrogen and oxygen atoms in total. The molecular weight excluding hydrogens is 216 g/mol. The van der Waals surface area contributed by atoms with Crippen molar-refractivity contribution >= 4 is 11.7 Å². The van der Waals surface area contributed by atoms with Gasteiger partial charge in [-0.05, 0) is 6.42 Å². The Labute approximate surface area is 90.1 Å². The van der Waals surface area contributed by atoms with Crippen LogP contribution in [0.1, 0.15) is 19.4 Å². The van der Waals surface area contributed by atoms with E-state index in [1.165, 1.54) is 0 Å². The number of aromatic nitrogens is 1. The van der Waals surface area contributed by atoms with Crippen LogP contribution in [0.3, 0.4) is 0 Å². The topological polar surface area (TPSA) is 102 Å². The van der Waals surface area contributed by atoms with Gasteiger partial charge in [-0.1, -0.05) is 6.92 Å². The molecule has 0 saturated carbocycles. The summed E-state index contributed by atoms with van der Waals surface area (Å²) < 4.78 is 0.862. The van der Waals surface area contributed by atoms with Gasteiger partial charge in [0.1, 0.15) is 6.04 Å². The lowest BCUT2D eigenvalue weighted by molar-refractivity contribution is -0.385. The van der Waals surface area contributed by atoms with E-state index in [1.54, 1.807) is 6.92 Å². The largest absolute Gasteiger partial charge is 0.480 e. The third kappa shape index (κ3) is 2.25. The van der Waals surface area contributed by atoms with E-state index in [0.29, 0.717) is 0 Å². The molecule has 16 heavy (non-hydrogen) atoms. The first-order valence-electron chi connectivity index (χ1n) is 4.56. The van der Waals surface area contributed by atoms with Gasteiger partial charge in [-0.15, -0.1) is 0 Å². The number of pyridine rings is 1. The van der Waals surface area contributed by atoms with Crippen LogP contribution in [0.2, 0.25) is 0 Å². The van der Waals surface area contributed by atoms with Crippen molar-refractivity contribution in [3.05, 3.63) is 38.8 Å². The van der Waals surface area contributed by atoms with Gasteiger partial charge in [-0.3, -0.25) is 19.5 Å². The highest BCUT2D eigenvalue weighted by molar-refractivity contribution is 5.71. The van der Waals surface area contributed by atoms with Gasteiger partial charge < -0.3 is 5.11 Å². The van der Waals surface area contributed by atoms with Gasteiger partial charge in [0.2, 0.25) is 0 Å². The van der Waals surface area contributed by atoms with E-state index in [9.17, 15) is 19.7 Å².